The molecule has 0 aliphatic carbocycles. The van der Waals surface area contributed by atoms with E-state index in [0.29, 0.717) is 0 Å². The van der Waals surface area contributed by atoms with Gasteiger partial charge in [0.05, 0.1) is 0 Å². The number of aliphatic carboxylic acids is 1. The van der Waals surface area contributed by atoms with Gasteiger partial charge in [0.25, 0.3) is 0 Å². The van der Waals surface area contributed by atoms with Crippen molar-refractivity contribution in [3.8, 4) is 0 Å². The monoisotopic (exact) mass is 242 g/mol. The minimum absolute atomic E-state index is 0.0187. The molecule has 17 heavy (non-hydrogen) atoms. The minimum Gasteiger partial charge on any atom is -0.481 e. The second-order valence-electron chi connectivity index (χ2n) is 5.23. The topological polar surface area (TPSA) is 87.0 Å². The zero-order valence-corrected chi connectivity index (χ0v) is 9.96. The van der Waals surface area contributed by atoms with Crippen molar-refractivity contribution in [2.75, 3.05) is 0 Å². The molecule has 0 aromatic heterocycles. The van der Waals surface area contributed by atoms with Crippen LogP contribution < -0.4 is 0 Å². The van der Waals surface area contributed by atoms with Crippen LogP contribution in [0.2, 0.25) is 0 Å². The Morgan fingerprint density at radius 2 is 2.29 bits per heavy atom. The van der Waals surface area contributed by atoms with Crippen molar-refractivity contribution in [2.45, 2.75) is 50.6 Å². The highest BCUT2D eigenvalue weighted by atomic mass is 16.6. The zero-order chi connectivity index (χ0) is 12.8. The molecule has 5 heteroatoms. The average Bonchev–Trinajstić information content (AvgIpc) is 2.65. The Hall–Kier alpha value is -0.910. The van der Waals surface area contributed by atoms with Gasteiger partial charge in [-0.15, -0.1) is 0 Å². The molecule has 2 rings (SSSR count). The number of hydrogen-bond donors (Lipinski definition) is 3. The summed E-state index contributed by atoms with van der Waals surface area (Å²) in [7, 11) is 0. The Labute approximate surface area is 99.7 Å². The second kappa shape index (κ2) is 4.08. The first-order valence-corrected chi connectivity index (χ1v) is 5.80. The lowest BCUT2D eigenvalue weighted by Crippen LogP contribution is -2.51. The lowest BCUT2D eigenvalue weighted by molar-refractivity contribution is -0.139. The molecule has 2 aliphatic rings. The third kappa shape index (κ3) is 1.99. The maximum absolute atomic E-state index is 10.6. The summed E-state index contributed by atoms with van der Waals surface area (Å²) in [4.78, 5) is 10.6. The van der Waals surface area contributed by atoms with E-state index >= 15 is 0 Å². The second-order valence-corrected chi connectivity index (χ2v) is 5.23. The SMILES string of the molecule is CC1=CC2OC1C(O)C2(O)CC(C)CC(=O)O. The lowest BCUT2D eigenvalue weighted by atomic mass is 9.77. The van der Waals surface area contributed by atoms with Crippen molar-refractivity contribution in [3.05, 3.63) is 11.6 Å². The largest absolute Gasteiger partial charge is 0.481 e. The number of hydrogen-bond acceptors (Lipinski definition) is 4. The van der Waals surface area contributed by atoms with Crippen LogP contribution in [0.3, 0.4) is 0 Å². The fraction of sp³-hybridized carbons (Fsp3) is 0.750. The zero-order valence-electron chi connectivity index (χ0n) is 9.96. The number of aliphatic hydroxyl groups excluding tert-OH is 1. The van der Waals surface area contributed by atoms with Gasteiger partial charge in [-0.3, -0.25) is 4.79 Å². The van der Waals surface area contributed by atoms with Crippen LogP contribution in [0, 0.1) is 5.92 Å². The van der Waals surface area contributed by atoms with Crippen LogP contribution in [-0.2, 0) is 9.53 Å². The molecule has 0 aromatic carbocycles. The van der Waals surface area contributed by atoms with Gasteiger partial charge >= 0.3 is 5.97 Å². The Morgan fingerprint density at radius 1 is 1.65 bits per heavy atom. The molecule has 2 heterocycles. The normalized spacial score (nSPS) is 41.4. The van der Waals surface area contributed by atoms with Crippen LogP contribution >= 0.6 is 0 Å². The summed E-state index contributed by atoms with van der Waals surface area (Å²) in [5.74, 6) is -1.10. The van der Waals surface area contributed by atoms with Gasteiger partial charge in [-0.05, 0) is 24.8 Å². The lowest BCUT2D eigenvalue weighted by Gasteiger charge is -2.34. The van der Waals surface area contributed by atoms with Gasteiger partial charge in [0.1, 0.15) is 23.9 Å². The molecule has 96 valence electrons. The van der Waals surface area contributed by atoms with Gasteiger partial charge in [-0.2, -0.15) is 0 Å². The first-order valence-electron chi connectivity index (χ1n) is 5.80. The Morgan fingerprint density at radius 3 is 2.76 bits per heavy atom. The van der Waals surface area contributed by atoms with Crippen molar-refractivity contribution in [1.29, 1.82) is 0 Å². The van der Waals surface area contributed by atoms with E-state index < -0.39 is 29.9 Å². The fourth-order valence-corrected chi connectivity index (χ4v) is 2.82. The third-order valence-electron chi connectivity index (χ3n) is 3.65. The molecule has 0 spiro atoms. The molecule has 0 aromatic rings. The van der Waals surface area contributed by atoms with Crippen LogP contribution in [0.15, 0.2) is 11.6 Å². The van der Waals surface area contributed by atoms with Crippen LogP contribution in [-0.4, -0.2) is 45.2 Å². The van der Waals surface area contributed by atoms with E-state index in [9.17, 15) is 15.0 Å². The fourth-order valence-electron chi connectivity index (χ4n) is 2.82. The Kier molecular flexibility index (Phi) is 3.01. The summed E-state index contributed by atoms with van der Waals surface area (Å²) in [6, 6.07) is 0. The summed E-state index contributed by atoms with van der Waals surface area (Å²) >= 11 is 0. The van der Waals surface area contributed by atoms with Gasteiger partial charge in [-0.25, -0.2) is 0 Å². The van der Waals surface area contributed by atoms with Crippen molar-refractivity contribution in [1.82, 2.24) is 0 Å². The van der Waals surface area contributed by atoms with Gasteiger partial charge in [-0.1, -0.05) is 13.0 Å². The molecule has 5 atom stereocenters. The van der Waals surface area contributed by atoms with Gasteiger partial charge in [0.15, 0.2) is 0 Å². The third-order valence-corrected chi connectivity index (χ3v) is 3.65. The Balaban J connectivity index is 2.08. The van der Waals surface area contributed by atoms with E-state index in [1.165, 1.54) is 0 Å². The van der Waals surface area contributed by atoms with Gasteiger partial charge < -0.3 is 20.1 Å². The summed E-state index contributed by atoms with van der Waals surface area (Å²) in [5.41, 5.74) is -0.419. The summed E-state index contributed by atoms with van der Waals surface area (Å²) in [5, 5.41) is 29.2. The maximum atomic E-state index is 10.6. The van der Waals surface area contributed by atoms with E-state index in [4.69, 9.17) is 9.84 Å². The highest BCUT2D eigenvalue weighted by molar-refractivity contribution is 5.66. The summed E-state index contributed by atoms with van der Waals surface area (Å²) in [6.07, 6.45) is 0.0975. The molecule has 0 saturated carbocycles. The van der Waals surface area contributed by atoms with Crippen LogP contribution in [0.25, 0.3) is 0 Å². The van der Waals surface area contributed by atoms with Gasteiger partial charge in [0, 0.05) is 6.42 Å². The summed E-state index contributed by atoms with van der Waals surface area (Å²) < 4.78 is 5.48. The maximum Gasteiger partial charge on any atom is 0.303 e. The molecule has 2 aliphatic heterocycles. The van der Waals surface area contributed by atoms with Crippen molar-refractivity contribution < 1.29 is 24.9 Å². The number of carboxylic acids is 1. The quantitative estimate of drug-likeness (QED) is 0.617. The smallest absolute Gasteiger partial charge is 0.303 e. The standard InChI is InChI=1S/C12H18O5/c1-6(3-9(13)14)5-12(16)8-4-7(2)10(17-8)11(12)15/h4,6,8,10-11,15-16H,3,5H2,1-2H3,(H,13,14). The van der Waals surface area contributed by atoms with E-state index in [1.54, 1.807) is 6.92 Å². The molecule has 0 radical (unpaired) electrons. The number of carbonyl (C=O) groups is 1. The molecule has 5 unspecified atom stereocenters. The van der Waals surface area contributed by atoms with Crippen molar-refractivity contribution in [2.24, 2.45) is 5.92 Å². The van der Waals surface area contributed by atoms with Crippen molar-refractivity contribution in [3.63, 3.8) is 0 Å². The van der Waals surface area contributed by atoms with Crippen LogP contribution in [0.4, 0.5) is 0 Å². The highest BCUT2D eigenvalue weighted by Crippen LogP contribution is 2.44. The minimum atomic E-state index is -1.35. The highest BCUT2D eigenvalue weighted by Gasteiger charge is 2.58. The number of rotatable bonds is 4. The summed E-state index contributed by atoms with van der Waals surface area (Å²) in [6.45, 7) is 3.61. The van der Waals surface area contributed by atoms with Crippen LogP contribution in [0.5, 0.6) is 0 Å². The molecular weight excluding hydrogens is 224 g/mol. The predicted molar refractivity (Wildman–Crippen MR) is 59.4 cm³/mol. The first-order chi connectivity index (χ1) is 7.84. The van der Waals surface area contributed by atoms with Gasteiger partial charge in [0.2, 0.25) is 0 Å². The molecule has 1 saturated heterocycles. The average molecular weight is 242 g/mol. The van der Waals surface area contributed by atoms with E-state index in [1.807, 2.05) is 13.0 Å². The number of ether oxygens (including phenoxy) is 1. The predicted octanol–water partition coefficient (Wildman–Crippen LogP) is 0.307. The molecule has 0 amide bonds. The molecule has 3 N–H and O–H groups in total. The van der Waals surface area contributed by atoms with E-state index in [0.717, 1.165) is 5.57 Å². The van der Waals surface area contributed by atoms with E-state index in [2.05, 4.69) is 0 Å². The molecule has 1 fully saturated rings. The molecular formula is C12H18O5. The van der Waals surface area contributed by atoms with Crippen LogP contribution in [0.1, 0.15) is 26.7 Å². The molecule has 2 bridgehead atoms. The molecule has 5 nitrogen and oxygen atoms in total. The number of aliphatic hydroxyl groups is 2. The Bertz CT molecular complexity index is 364. The van der Waals surface area contributed by atoms with E-state index in [-0.39, 0.29) is 18.8 Å². The first kappa shape index (κ1) is 12.5. The number of fused-ring (bicyclic) bond motifs is 2. The van der Waals surface area contributed by atoms with Crippen molar-refractivity contribution >= 4 is 5.97 Å². The number of carboxylic acid groups (broad SMARTS) is 1.